The molecule has 2 aromatic carbocycles. The van der Waals surface area contributed by atoms with Crippen molar-refractivity contribution in [2.75, 3.05) is 5.48 Å². The van der Waals surface area contributed by atoms with Crippen LogP contribution in [0.1, 0.15) is 5.56 Å². The molecule has 4 aromatic rings. The molecule has 136 valence electrons. The molecule has 2 heterocycles. The van der Waals surface area contributed by atoms with Gasteiger partial charge in [0.25, 0.3) is 0 Å². The van der Waals surface area contributed by atoms with Crippen LogP contribution >= 0.6 is 61.7 Å². The van der Waals surface area contributed by atoms with Gasteiger partial charge in [-0.15, -0.1) is 0 Å². The molecule has 0 unspecified atom stereocenters. The quantitative estimate of drug-likeness (QED) is 0.162. The molecule has 0 radical (unpaired) electrons. The average Bonchev–Trinajstić information content (AvgIpc) is 2.64. The normalized spacial score (nSPS) is 11.3. The van der Waals surface area contributed by atoms with E-state index < -0.39 is 0 Å². The SMILES string of the molecule is Clc1cc(I)cc(Cl)c1CONc1nc2ccc(Br)cc2c2cnccc12. The molecular weight excluding hydrogens is 564 g/mol. The maximum Gasteiger partial charge on any atom is 0.158 e. The lowest BCUT2D eigenvalue weighted by atomic mass is 10.1. The number of hydrogen-bond donors (Lipinski definition) is 1. The third-order valence-corrected chi connectivity index (χ3v) is 5.84. The highest BCUT2D eigenvalue weighted by Crippen LogP contribution is 2.31. The van der Waals surface area contributed by atoms with Crippen LogP contribution in [0, 0.1) is 3.57 Å². The second kappa shape index (κ2) is 8.05. The Morgan fingerprint density at radius 3 is 2.59 bits per heavy atom. The molecule has 0 atom stereocenters. The van der Waals surface area contributed by atoms with Gasteiger partial charge in [-0.1, -0.05) is 39.1 Å². The van der Waals surface area contributed by atoms with Crippen LogP contribution in [0.2, 0.25) is 10.0 Å². The molecule has 0 spiro atoms. The van der Waals surface area contributed by atoms with Gasteiger partial charge in [0, 0.05) is 52.2 Å². The van der Waals surface area contributed by atoms with Gasteiger partial charge in [0.1, 0.15) is 6.61 Å². The van der Waals surface area contributed by atoms with E-state index >= 15 is 0 Å². The maximum atomic E-state index is 6.28. The minimum atomic E-state index is 0.210. The first-order chi connectivity index (χ1) is 13.0. The van der Waals surface area contributed by atoms with Crippen LogP contribution in [0.5, 0.6) is 0 Å². The predicted octanol–water partition coefficient (Wildman–Crippen LogP) is 7.00. The first-order valence-electron chi connectivity index (χ1n) is 7.87. The van der Waals surface area contributed by atoms with Crippen molar-refractivity contribution in [2.24, 2.45) is 0 Å². The van der Waals surface area contributed by atoms with Crippen molar-refractivity contribution in [1.82, 2.24) is 9.97 Å². The van der Waals surface area contributed by atoms with Gasteiger partial charge >= 0.3 is 0 Å². The van der Waals surface area contributed by atoms with E-state index in [2.05, 4.69) is 54.0 Å². The second-order valence-corrected chi connectivity index (χ2v) is 8.76. The molecule has 4 nitrogen and oxygen atoms in total. The molecule has 0 aliphatic heterocycles. The van der Waals surface area contributed by atoms with Crippen molar-refractivity contribution in [3.63, 3.8) is 0 Å². The largest absolute Gasteiger partial charge is 0.270 e. The third-order valence-electron chi connectivity index (χ3n) is 4.05. The number of hydrogen-bond acceptors (Lipinski definition) is 4. The van der Waals surface area contributed by atoms with E-state index in [4.69, 9.17) is 28.0 Å². The van der Waals surface area contributed by atoms with Crippen molar-refractivity contribution < 1.29 is 4.84 Å². The highest BCUT2D eigenvalue weighted by molar-refractivity contribution is 14.1. The summed E-state index contributed by atoms with van der Waals surface area (Å²) in [6.07, 6.45) is 3.55. The maximum absolute atomic E-state index is 6.28. The van der Waals surface area contributed by atoms with Crippen molar-refractivity contribution in [1.29, 1.82) is 0 Å². The predicted molar refractivity (Wildman–Crippen MR) is 122 cm³/mol. The van der Waals surface area contributed by atoms with E-state index in [-0.39, 0.29) is 6.61 Å². The monoisotopic (exact) mass is 573 g/mol. The van der Waals surface area contributed by atoms with Crippen LogP contribution in [-0.2, 0) is 11.4 Å². The van der Waals surface area contributed by atoms with Gasteiger partial charge in [-0.25, -0.2) is 10.5 Å². The van der Waals surface area contributed by atoms with Crippen LogP contribution < -0.4 is 5.48 Å². The summed E-state index contributed by atoms with van der Waals surface area (Å²) in [5.74, 6) is 0.611. The molecule has 0 saturated heterocycles. The first-order valence-corrected chi connectivity index (χ1v) is 10.5. The Morgan fingerprint density at radius 2 is 1.81 bits per heavy atom. The topological polar surface area (TPSA) is 47.0 Å². The van der Waals surface area contributed by atoms with Crippen molar-refractivity contribution in [3.8, 4) is 0 Å². The lowest BCUT2D eigenvalue weighted by Gasteiger charge is -2.13. The Hall–Kier alpha value is -1.19. The fourth-order valence-electron chi connectivity index (χ4n) is 2.78. The van der Waals surface area contributed by atoms with Crippen LogP contribution in [0.15, 0.2) is 53.3 Å². The number of halogens is 4. The zero-order valence-electron chi connectivity index (χ0n) is 13.6. The van der Waals surface area contributed by atoms with Crippen LogP contribution in [-0.4, -0.2) is 9.97 Å². The van der Waals surface area contributed by atoms with Gasteiger partial charge in [-0.05, 0) is 59.0 Å². The number of benzene rings is 2. The second-order valence-electron chi connectivity index (χ2n) is 5.78. The molecule has 0 amide bonds. The Balaban J connectivity index is 1.67. The van der Waals surface area contributed by atoms with Gasteiger partial charge in [-0.3, -0.25) is 9.82 Å². The van der Waals surface area contributed by atoms with Crippen LogP contribution in [0.4, 0.5) is 5.82 Å². The zero-order chi connectivity index (χ0) is 19.0. The van der Waals surface area contributed by atoms with Gasteiger partial charge in [0.2, 0.25) is 0 Å². The standard InChI is InChI=1S/C19H11BrCl2IN3O/c20-10-1-2-18-13(5-10)14-8-24-4-3-12(14)19(25-18)26-27-9-15-16(21)6-11(23)7-17(15)22/h1-8H,9H2,(H,25,26). The zero-order valence-corrected chi connectivity index (χ0v) is 18.9. The van der Waals surface area contributed by atoms with Gasteiger partial charge < -0.3 is 0 Å². The number of rotatable bonds is 4. The van der Waals surface area contributed by atoms with Crippen molar-refractivity contribution >= 4 is 89.2 Å². The molecule has 0 saturated carbocycles. The van der Waals surface area contributed by atoms with E-state index in [1.165, 1.54) is 0 Å². The van der Waals surface area contributed by atoms with E-state index in [9.17, 15) is 0 Å². The summed E-state index contributed by atoms with van der Waals surface area (Å²) in [7, 11) is 0. The fraction of sp³-hybridized carbons (Fsp3) is 0.0526. The minimum Gasteiger partial charge on any atom is -0.270 e. The van der Waals surface area contributed by atoms with E-state index in [0.717, 1.165) is 35.3 Å². The Labute approximate surface area is 187 Å². The molecule has 0 aliphatic carbocycles. The number of fused-ring (bicyclic) bond motifs is 3. The molecule has 0 fully saturated rings. The molecule has 4 rings (SSSR count). The summed E-state index contributed by atoms with van der Waals surface area (Å²) in [6.45, 7) is 0.210. The smallest absolute Gasteiger partial charge is 0.158 e. The lowest BCUT2D eigenvalue weighted by molar-refractivity contribution is 0.179. The number of anilines is 1. The lowest BCUT2D eigenvalue weighted by Crippen LogP contribution is -2.05. The summed E-state index contributed by atoms with van der Waals surface area (Å²) in [5.41, 5.74) is 4.51. The number of nitrogens with one attached hydrogen (secondary N) is 1. The van der Waals surface area contributed by atoms with Crippen LogP contribution in [0.3, 0.4) is 0 Å². The molecule has 0 aliphatic rings. The van der Waals surface area contributed by atoms with Gasteiger partial charge in [0.05, 0.1) is 5.52 Å². The third kappa shape index (κ3) is 4.00. The highest BCUT2D eigenvalue weighted by atomic mass is 127. The van der Waals surface area contributed by atoms with Gasteiger partial charge in [-0.2, -0.15) is 0 Å². The Morgan fingerprint density at radius 1 is 1.04 bits per heavy atom. The Bertz CT molecular complexity index is 1150. The molecule has 8 heteroatoms. The number of aromatic nitrogens is 2. The summed E-state index contributed by atoms with van der Waals surface area (Å²) in [5, 5.41) is 4.05. The summed E-state index contributed by atoms with van der Waals surface area (Å²) in [6, 6.07) is 11.5. The molecular formula is C19H11BrCl2IN3O. The molecule has 1 N–H and O–H groups in total. The summed E-state index contributed by atoms with van der Waals surface area (Å²) in [4.78, 5) is 14.6. The summed E-state index contributed by atoms with van der Waals surface area (Å²) >= 11 is 18.2. The summed E-state index contributed by atoms with van der Waals surface area (Å²) < 4.78 is 1.96. The molecule has 0 bridgehead atoms. The Kier molecular flexibility index (Phi) is 5.70. The van der Waals surface area contributed by atoms with E-state index in [1.807, 2.05) is 42.6 Å². The highest BCUT2D eigenvalue weighted by Gasteiger charge is 2.11. The van der Waals surface area contributed by atoms with Crippen molar-refractivity contribution in [2.45, 2.75) is 6.61 Å². The number of nitrogens with zero attached hydrogens (tertiary/aromatic N) is 2. The van der Waals surface area contributed by atoms with E-state index in [0.29, 0.717) is 15.9 Å². The average molecular weight is 575 g/mol. The van der Waals surface area contributed by atoms with Crippen LogP contribution in [0.25, 0.3) is 21.7 Å². The van der Waals surface area contributed by atoms with Crippen molar-refractivity contribution in [3.05, 3.63) is 72.4 Å². The number of pyridine rings is 2. The fourth-order valence-corrected chi connectivity index (χ4v) is 4.73. The first kappa shape index (κ1) is 19.1. The van der Waals surface area contributed by atoms with Gasteiger partial charge in [0.15, 0.2) is 5.82 Å². The minimum absolute atomic E-state index is 0.210. The molecule has 27 heavy (non-hydrogen) atoms. The van der Waals surface area contributed by atoms with E-state index in [1.54, 1.807) is 6.20 Å². The molecule has 2 aromatic heterocycles.